The number of para-hydroxylation sites is 1. The largest absolute Gasteiger partial charge is 0.332 e. The lowest BCUT2D eigenvalue weighted by atomic mass is 10.2. The minimum Gasteiger partial charge on any atom is -0.332 e. The quantitative estimate of drug-likeness (QED) is 0.788. The number of nitrogens with one attached hydrogen (secondary N) is 2. The number of benzene rings is 1. The number of hydrogen-bond donors (Lipinski definition) is 2. The van der Waals surface area contributed by atoms with Crippen molar-refractivity contribution in [2.75, 3.05) is 5.32 Å². The van der Waals surface area contributed by atoms with Crippen LogP contribution in [0.2, 0.25) is 0 Å². The van der Waals surface area contributed by atoms with Gasteiger partial charge in [0.1, 0.15) is 6.07 Å². The molecule has 2 aromatic rings. The van der Waals surface area contributed by atoms with Crippen LogP contribution in [0.4, 0.5) is 11.6 Å². The van der Waals surface area contributed by atoms with Gasteiger partial charge in [0, 0.05) is 12.3 Å². The van der Waals surface area contributed by atoms with Gasteiger partial charge in [0.25, 0.3) is 5.56 Å². The van der Waals surface area contributed by atoms with Gasteiger partial charge in [0.05, 0.1) is 11.3 Å². The van der Waals surface area contributed by atoms with Gasteiger partial charge in [-0.25, -0.2) is 0 Å². The first-order valence-electron chi connectivity index (χ1n) is 4.61. The first kappa shape index (κ1) is 9.93. The summed E-state index contributed by atoms with van der Waals surface area (Å²) in [4.78, 5) is 17.5. The monoisotopic (exact) mass is 212 g/mol. The number of rotatable bonds is 2. The normalized spacial score (nSPS) is 9.44. The van der Waals surface area contributed by atoms with E-state index in [-0.39, 0.29) is 5.56 Å². The van der Waals surface area contributed by atoms with Gasteiger partial charge in [-0.1, -0.05) is 12.1 Å². The number of anilines is 2. The molecule has 0 spiro atoms. The molecule has 0 saturated carbocycles. The van der Waals surface area contributed by atoms with E-state index >= 15 is 0 Å². The molecule has 0 radical (unpaired) electrons. The van der Waals surface area contributed by atoms with Crippen molar-refractivity contribution in [3.63, 3.8) is 0 Å². The molecule has 1 aromatic heterocycles. The summed E-state index contributed by atoms with van der Waals surface area (Å²) in [6.07, 6.45) is 1.49. The third-order valence-electron chi connectivity index (χ3n) is 1.97. The lowest BCUT2D eigenvalue weighted by Crippen LogP contribution is -2.08. The molecule has 1 heterocycles. The van der Waals surface area contributed by atoms with Crippen LogP contribution in [0.25, 0.3) is 0 Å². The molecule has 0 aliphatic heterocycles. The molecule has 0 fully saturated rings. The highest BCUT2D eigenvalue weighted by Crippen LogP contribution is 2.16. The van der Waals surface area contributed by atoms with Crippen molar-refractivity contribution in [1.29, 1.82) is 5.26 Å². The van der Waals surface area contributed by atoms with Crippen LogP contribution in [0.5, 0.6) is 0 Å². The smallest absolute Gasteiger partial charge is 0.274 e. The summed E-state index contributed by atoms with van der Waals surface area (Å²) in [5, 5.41) is 11.7. The molecular weight excluding hydrogens is 204 g/mol. The molecular formula is C11H8N4O. The summed E-state index contributed by atoms with van der Waals surface area (Å²) in [5.74, 6) is 0.315. The topological polar surface area (TPSA) is 81.6 Å². The van der Waals surface area contributed by atoms with Crippen LogP contribution >= 0.6 is 0 Å². The Labute approximate surface area is 91.4 Å². The van der Waals surface area contributed by atoms with Gasteiger partial charge < -0.3 is 10.3 Å². The molecule has 16 heavy (non-hydrogen) atoms. The number of aromatic amines is 1. The zero-order chi connectivity index (χ0) is 11.4. The van der Waals surface area contributed by atoms with E-state index in [1.807, 2.05) is 6.07 Å². The molecule has 0 bridgehead atoms. The van der Waals surface area contributed by atoms with Crippen LogP contribution in [-0.4, -0.2) is 9.97 Å². The fourth-order valence-electron chi connectivity index (χ4n) is 1.25. The Morgan fingerprint density at radius 1 is 1.31 bits per heavy atom. The molecule has 0 atom stereocenters. The SMILES string of the molecule is N#Cc1ccccc1Nc1nc(=O)cc[nH]1. The fraction of sp³-hybridized carbons (Fsp3) is 0. The highest BCUT2D eigenvalue weighted by Gasteiger charge is 2.01. The minimum absolute atomic E-state index is 0.315. The Bertz CT molecular complexity index is 597. The second-order valence-electron chi connectivity index (χ2n) is 3.06. The molecule has 2 N–H and O–H groups in total. The number of nitriles is 1. The van der Waals surface area contributed by atoms with E-state index in [1.54, 1.807) is 24.3 Å². The minimum atomic E-state index is -0.337. The lowest BCUT2D eigenvalue weighted by molar-refractivity contribution is 1.12. The van der Waals surface area contributed by atoms with Crippen LogP contribution in [0.3, 0.4) is 0 Å². The first-order chi connectivity index (χ1) is 7.79. The molecule has 0 saturated heterocycles. The summed E-state index contributed by atoms with van der Waals surface area (Å²) in [6.45, 7) is 0. The molecule has 0 unspecified atom stereocenters. The average molecular weight is 212 g/mol. The molecule has 5 nitrogen and oxygen atoms in total. The zero-order valence-electron chi connectivity index (χ0n) is 8.27. The zero-order valence-corrected chi connectivity index (χ0v) is 8.27. The van der Waals surface area contributed by atoms with Gasteiger partial charge in [0.15, 0.2) is 0 Å². The van der Waals surface area contributed by atoms with Gasteiger partial charge in [-0.05, 0) is 12.1 Å². The maximum absolute atomic E-state index is 11.0. The van der Waals surface area contributed by atoms with Gasteiger partial charge in [-0.15, -0.1) is 0 Å². The molecule has 2 rings (SSSR count). The third kappa shape index (κ3) is 2.07. The van der Waals surface area contributed by atoms with Crippen molar-refractivity contribution < 1.29 is 0 Å². The van der Waals surface area contributed by atoms with Gasteiger partial charge in [0.2, 0.25) is 5.95 Å². The van der Waals surface area contributed by atoms with Crippen molar-refractivity contribution in [1.82, 2.24) is 9.97 Å². The predicted octanol–water partition coefficient (Wildman–Crippen LogP) is 1.39. The molecule has 0 aliphatic carbocycles. The summed E-state index contributed by atoms with van der Waals surface area (Å²) in [5.41, 5.74) is 0.768. The molecule has 0 amide bonds. The maximum atomic E-state index is 11.0. The Morgan fingerprint density at radius 2 is 2.12 bits per heavy atom. The standard InChI is InChI=1S/C11H8N4O/c12-7-8-3-1-2-4-9(8)14-11-13-6-5-10(16)15-11/h1-6H,(H2,13,14,15,16). The van der Waals surface area contributed by atoms with Crippen LogP contribution in [0.15, 0.2) is 41.3 Å². The molecule has 1 aromatic carbocycles. The molecule has 5 heteroatoms. The number of H-pyrrole nitrogens is 1. The highest BCUT2D eigenvalue weighted by molar-refractivity contribution is 5.62. The summed E-state index contributed by atoms with van der Waals surface area (Å²) < 4.78 is 0. The third-order valence-corrected chi connectivity index (χ3v) is 1.97. The number of nitrogens with zero attached hydrogens (tertiary/aromatic N) is 2. The Kier molecular flexibility index (Phi) is 2.65. The Balaban J connectivity index is 2.35. The van der Waals surface area contributed by atoms with E-state index in [0.29, 0.717) is 17.2 Å². The average Bonchev–Trinajstić information content (AvgIpc) is 2.30. The van der Waals surface area contributed by atoms with Gasteiger partial charge >= 0.3 is 0 Å². The van der Waals surface area contributed by atoms with E-state index in [2.05, 4.69) is 15.3 Å². The highest BCUT2D eigenvalue weighted by atomic mass is 16.1. The van der Waals surface area contributed by atoms with Crippen molar-refractivity contribution in [2.24, 2.45) is 0 Å². The number of aromatic nitrogens is 2. The second-order valence-corrected chi connectivity index (χ2v) is 3.06. The fourth-order valence-corrected chi connectivity index (χ4v) is 1.25. The summed E-state index contributed by atoms with van der Waals surface area (Å²) in [7, 11) is 0. The van der Waals surface area contributed by atoms with Crippen LogP contribution < -0.4 is 10.9 Å². The van der Waals surface area contributed by atoms with Gasteiger partial charge in [-0.2, -0.15) is 10.2 Å². The second kappa shape index (κ2) is 4.28. The van der Waals surface area contributed by atoms with Crippen molar-refractivity contribution in [2.45, 2.75) is 0 Å². The summed E-state index contributed by atoms with van der Waals surface area (Å²) >= 11 is 0. The number of hydrogen-bond acceptors (Lipinski definition) is 4. The van der Waals surface area contributed by atoms with E-state index in [1.165, 1.54) is 12.3 Å². The van der Waals surface area contributed by atoms with Crippen LogP contribution in [0, 0.1) is 11.3 Å². The Hall–Kier alpha value is -2.61. The maximum Gasteiger partial charge on any atom is 0.274 e. The predicted molar refractivity (Wildman–Crippen MR) is 59.3 cm³/mol. The molecule has 78 valence electrons. The molecule has 0 aliphatic rings. The first-order valence-corrected chi connectivity index (χ1v) is 4.61. The van der Waals surface area contributed by atoms with E-state index < -0.39 is 0 Å². The summed E-state index contributed by atoms with van der Waals surface area (Å²) in [6, 6.07) is 10.4. The van der Waals surface area contributed by atoms with Crippen molar-refractivity contribution in [3.05, 3.63) is 52.4 Å². The van der Waals surface area contributed by atoms with E-state index in [9.17, 15) is 4.79 Å². The van der Waals surface area contributed by atoms with E-state index in [4.69, 9.17) is 5.26 Å². The Morgan fingerprint density at radius 3 is 2.88 bits per heavy atom. The van der Waals surface area contributed by atoms with E-state index in [0.717, 1.165) is 0 Å². The van der Waals surface area contributed by atoms with Crippen molar-refractivity contribution >= 4 is 11.6 Å². The lowest BCUT2D eigenvalue weighted by Gasteiger charge is -2.05. The van der Waals surface area contributed by atoms with Crippen LogP contribution in [0.1, 0.15) is 5.56 Å². The van der Waals surface area contributed by atoms with Crippen molar-refractivity contribution in [3.8, 4) is 6.07 Å². The van der Waals surface area contributed by atoms with Gasteiger partial charge in [-0.3, -0.25) is 4.79 Å². The van der Waals surface area contributed by atoms with Crippen LogP contribution in [-0.2, 0) is 0 Å².